The maximum absolute atomic E-state index is 12.1. The van der Waals surface area contributed by atoms with E-state index in [9.17, 15) is 14.4 Å². The average Bonchev–Trinajstić information content (AvgIpc) is 3.40. The number of ketones is 1. The molecular formula is C19H19N3O4S2. The van der Waals surface area contributed by atoms with E-state index in [1.165, 1.54) is 29.6 Å². The summed E-state index contributed by atoms with van der Waals surface area (Å²) in [7, 11) is 0. The second-order valence-corrected chi connectivity index (χ2v) is 7.82. The number of carbonyl (C=O) groups is 3. The second kappa shape index (κ2) is 9.43. The molecule has 2 N–H and O–H groups in total. The van der Waals surface area contributed by atoms with Crippen LogP contribution < -0.4 is 10.6 Å². The highest BCUT2D eigenvalue weighted by Crippen LogP contribution is 2.26. The summed E-state index contributed by atoms with van der Waals surface area (Å²) >= 11 is 2.71. The van der Waals surface area contributed by atoms with Crippen LogP contribution in [0.25, 0.3) is 11.5 Å². The fourth-order valence-corrected chi connectivity index (χ4v) is 3.83. The Kier molecular flexibility index (Phi) is 6.72. The van der Waals surface area contributed by atoms with Gasteiger partial charge in [0.1, 0.15) is 11.5 Å². The number of hydrogen-bond donors (Lipinski definition) is 2. The molecule has 0 radical (unpaired) electrons. The molecule has 3 heterocycles. The Balaban J connectivity index is 1.46. The maximum Gasteiger partial charge on any atom is 0.226 e. The Hall–Kier alpha value is -2.78. The molecule has 0 aliphatic carbocycles. The van der Waals surface area contributed by atoms with Crippen LogP contribution in [-0.4, -0.2) is 22.6 Å². The van der Waals surface area contributed by atoms with Gasteiger partial charge in [-0.1, -0.05) is 6.07 Å². The van der Waals surface area contributed by atoms with Crippen molar-refractivity contribution in [3.8, 4) is 11.5 Å². The predicted molar refractivity (Wildman–Crippen MR) is 108 cm³/mol. The van der Waals surface area contributed by atoms with E-state index in [0.29, 0.717) is 41.7 Å². The summed E-state index contributed by atoms with van der Waals surface area (Å²) in [5.41, 5.74) is 0.613. The number of thiazole rings is 1. The van der Waals surface area contributed by atoms with Crippen molar-refractivity contribution in [2.75, 3.05) is 5.32 Å². The first kappa shape index (κ1) is 20.0. The zero-order valence-corrected chi connectivity index (χ0v) is 16.8. The highest BCUT2D eigenvalue weighted by molar-refractivity contribution is 7.14. The number of hydrogen-bond acceptors (Lipinski definition) is 7. The molecule has 7 nitrogen and oxygen atoms in total. The molecule has 0 fully saturated rings. The van der Waals surface area contributed by atoms with Gasteiger partial charge in [-0.15, -0.1) is 22.7 Å². The van der Waals surface area contributed by atoms with Gasteiger partial charge in [0, 0.05) is 25.1 Å². The van der Waals surface area contributed by atoms with E-state index >= 15 is 0 Å². The van der Waals surface area contributed by atoms with Crippen molar-refractivity contribution in [1.29, 1.82) is 0 Å². The molecule has 9 heteroatoms. The average molecular weight is 418 g/mol. The fraction of sp³-hybridized carbons (Fsp3) is 0.263. The van der Waals surface area contributed by atoms with Gasteiger partial charge in [-0.05, 0) is 30.0 Å². The van der Waals surface area contributed by atoms with Crippen molar-refractivity contribution in [3.05, 3.63) is 45.7 Å². The van der Waals surface area contributed by atoms with E-state index in [0.717, 1.165) is 4.88 Å². The normalized spacial score (nSPS) is 10.6. The molecule has 0 unspecified atom stereocenters. The molecule has 0 aliphatic rings. The zero-order chi connectivity index (χ0) is 19.9. The molecule has 0 spiro atoms. The SMILES string of the molecule is CC(=O)NCc1ccc(-c2csc(NC(=O)CCCC(=O)c3cccs3)n2)o1. The third-order valence-corrected chi connectivity index (χ3v) is 5.45. The van der Waals surface area contributed by atoms with Gasteiger partial charge in [0.05, 0.1) is 11.4 Å². The number of anilines is 1. The molecule has 3 aromatic heterocycles. The van der Waals surface area contributed by atoms with E-state index in [2.05, 4.69) is 15.6 Å². The van der Waals surface area contributed by atoms with Gasteiger partial charge < -0.3 is 15.1 Å². The van der Waals surface area contributed by atoms with E-state index < -0.39 is 0 Å². The van der Waals surface area contributed by atoms with Crippen LogP contribution in [0, 0.1) is 0 Å². The van der Waals surface area contributed by atoms with Gasteiger partial charge in [-0.3, -0.25) is 14.4 Å². The molecule has 2 amide bonds. The lowest BCUT2D eigenvalue weighted by Gasteiger charge is -2.01. The van der Waals surface area contributed by atoms with Crippen molar-refractivity contribution in [2.24, 2.45) is 0 Å². The largest absolute Gasteiger partial charge is 0.458 e. The van der Waals surface area contributed by atoms with E-state index in [1.807, 2.05) is 11.4 Å². The smallest absolute Gasteiger partial charge is 0.226 e. The Morgan fingerprint density at radius 1 is 1.14 bits per heavy atom. The number of Topliss-reactive ketones (excluding diaryl/α,β-unsaturated/α-hetero) is 1. The Bertz CT molecular complexity index is 960. The standard InChI is InChI=1S/C19H19N3O4S2/c1-12(23)20-10-13-7-8-16(26-13)14-11-28-19(21-14)22-18(25)6-2-4-15(24)17-5-3-9-27-17/h3,5,7-9,11H,2,4,6,10H2,1H3,(H,20,23)(H,21,22,25). The number of thiophene rings is 1. The van der Waals surface area contributed by atoms with Gasteiger partial charge in [-0.25, -0.2) is 4.98 Å². The summed E-state index contributed by atoms with van der Waals surface area (Å²) in [5, 5.41) is 9.54. The van der Waals surface area contributed by atoms with Crippen molar-refractivity contribution in [2.45, 2.75) is 32.7 Å². The quantitative estimate of drug-likeness (QED) is 0.511. The topological polar surface area (TPSA) is 101 Å². The van der Waals surface area contributed by atoms with Crippen molar-refractivity contribution >= 4 is 45.4 Å². The molecule has 3 aromatic rings. The molecule has 0 bridgehead atoms. The summed E-state index contributed by atoms with van der Waals surface area (Å²) in [5.74, 6) is 0.949. The van der Waals surface area contributed by atoms with Crippen LogP contribution in [0.4, 0.5) is 5.13 Å². The monoisotopic (exact) mass is 417 g/mol. The van der Waals surface area contributed by atoms with Gasteiger partial charge in [0.15, 0.2) is 16.7 Å². The van der Waals surface area contributed by atoms with Gasteiger partial charge in [-0.2, -0.15) is 0 Å². The lowest BCUT2D eigenvalue weighted by molar-refractivity contribution is -0.119. The van der Waals surface area contributed by atoms with Crippen molar-refractivity contribution < 1.29 is 18.8 Å². The van der Waals surface area contributed by atoms with E-state index in [1.54, 1.807) is 23.6 Å². The molecule has 146 valence electrons. The zero-order valence-electron chi connectivity index (χ0n) is 15.2. The number of furan rings is 1. The number of nitrogens with zero attached hydrogens (tertiary/aromatic N) is 1. The molecule has 0 aliphatic heterocycles. The number of nitrogens with one attached hydrogen (secondary N) is 2. The van der Waals surface area contributed by atoms with Crippen LogP contribution >= 0.6 is 22.7 Å². The lowest BCUT2D eigenvalue weighted by atomic mass is 10.1. The summed E-state index contributed by atoms with van der Waals surface area (Å²) in [6, 6.07) is 7.17. The predicted octanol–water partition coefficient (Wildman–Crippen LogP) is 4.09. The summed E-state index contributed by atoms with van der Waals surface area (Å²) in [6.45, 7) is 1.75. The maximum atomic E-state index is 12.1. The molecule has 0 saturated carbocycles. The summed E-state index contributed by atoms with van der Waals surface area (Å²) in [4.78, 5) is 40.0. The highest BCUT2D eigenvalue weighted by Gasteiger charge is 2.12. The van der Waals surface area contributed by atoms with Crippen LogP contribution in [0.2, 0.25) is 0 Å². The minimum atomic E-state index is -0.175. The van der Waals surface area contributed by atoms with Gasteiger partial charge in [0.25, 0.3) is 0 Å². The molecule has 0 aromatic carbocycles. The Morgan fingerprint density at radius 2 is 2.00 bits per heavy atom. The number of aromatic nitrogens is 1. The van der Waals surface area contributed by atoms with Gasteiger partial charge >= 0.3 is 0 Å². The van der Waals surface area contributed by atoms with Crippen LogP contribution in [0.1, 0.15) is 41.6 Å². The third-order valence-electron chi connectivity index (χ3n) is 3.78. The lowest BCUT2D eigenvalue weighted by Crippen LogP contribution is -2.18. The Labute approximate surface area is 169 Å². The number of amides is 2. The molecular weight excluding hydrogens is 398 g/mol. The van der Waals surface area contributed by atoms with Crippen molar-refractivity contribution in [1.82, 2.24) is 10.3 Å². The second-order valence-electron chi connectivity index (χ2n) is 6.02. The van der Waals surface area contributed by atoms with Crippen molar-refractivity contribution in [3.63, 3.8) is 0 Å². The van der Waals surface area contributed by atoms with Crippen LogP contribution in [0.5, 0.6) is 0 Å². The summed E-state index contributed by atoms with van der Waals surface area (Å²) in [6.07, 6.45) is 1.10. The molecule has 0 atom stereocenters. The first-order chi connectivity index (χ1) is 13.5. The van der Waals surface area contributed by atoms with Crippen LogP contribution in [0.15, 0.2) is 39.4 Å². The number of carbonyl (C=O) groups excluding carboxylic acids is 3. The Morgan fingerprint density at radius 3 is 2.75 bits per heavy atom. The first-order valence-corrected chi connectivity index (χ1v) is 10.4. The first-order valence-electron chi connectivity index (χ1n) is 8.67. The third kappa shape index (κ3) is 5.61. The van der Waals surface area contributed by atoms with E-state index in [4.69, 9.17) is 4.42 Å². The highest BCUT2D eigenvalue weighted by atomic mass is 32.1. The van der Waals surface area contributed by atoms with Crippen LogP contribution in [-0.2, 0) is 16.1 Å². The van der Waals surface area contributed by atoms with E-state index in [-0.39, 0.29) is 24.0 Å². The minimum absolute atomic E-state index is 0.0622. The summed E-state index contributed by atoms with van der Waals surface area (Å²) < 4.78 is 5.65. The molecule has 3 rings (SSSR count). The molecule has 28 heavy (non-hydrogen) atoms. The number of rotatable bonds is 9. The fourth-order valence-electron chi connectivity index (χ4n) is 2.42. The molecule has 0 saturated heterocycles. The van der Waals surface area contributed by atoms with Gasteiger partial charge in [0.2, 0.25) is 11.8 Å². The van der Waals surface area contributed by atoms with Crippen LogP contribution in [0.3, 0.4) is 0 Å². The minimum Gasteiger partial charge on any atom is -0.458 e.